The second-order valence-corrected chi connectivity index (χ2v) is 27.2. The normalized spacial score (nSPS) is 14.4. The van der Waals surface area contributed by atoms with Crippen LogP contribution in [0.2, 0.25) is 0 Å². The fourth-order valence-corrected chi connectivity index (χ4v) is 11.8. The molecule has 0 spiro atoms. The lowest BCUT2D eigenvalue weighted by molar-refractivity contribution is -0.142. The molecular weight excluding hydrogens is 1470 g/mol. The van der Waals surface area contributed by atoms with E-state index in [-0.39, 0.29) is 77.4 Å². The van der Waals surface area contributed by atoms with E-state index in [1.807, 2.05) is 0 Å². The minimum atomic E-state index is -2.43. The molecular formula is C76H107F4N15O17. The van der Waals surface area contributed by atoms with E-state index in [2.05, 4.69) is 53.2 Å². The number of unbranched alkanes of at least 4 members (excludes halogenated alkanes) is 4. The Balaban J connectivity index is 1.74. The molecule has 112 heavy (non-hydrogen) atoms. The van der Waals surface area contributed by atoms with Crippen molar-refractivity contribution in [3.8, 4) is 5.75 Å². The molecule has 36 heteroatoms. The summed E-state index contributed by atoms with van der Waals surface area (Å²) in [5, 5.41) is 64.5. The summed E-state index contributed by atoms with van der Waals surface area (Å²) in [6.07, 6.45) is -2.50. The van der Waals surface area contributed by atoms with Gasteiger partial charge in [-0.15, -0.1) is 0 Å². The molecule has 24 N–H and O–H groups in total. The van der Waals surface area contributed by atoms with Crippen molar-refractivity contribution in [1.29, 1.82) is 0 Å². The van der Waals surface area contributed by atoms with Crippen LogP contribution >= 0.6 is 0 Å². The van der Waals surface area contributed by atoms with Crippen LogP contribution in [0.4, 0.5) is 17.6 Å². The van der Waals surface area contributed by atoms with Crippen molar-refractivity contribution < 1.29 is 100 Å². The van der Waals surface area contributed by atoms with E-state index in [0.717, 1.165) is 0 Å². The van der Waals surface area contributed by atoms with Gasteiger partial charge in [-0.1, -0.05) is 118 Å². The lowest BCUT2D eigenvalue weighted by atomic mass is 9.96. The zero-order valence-corrected chi connectivity index (χ0v) is 62.8. The highest BCUT2D eigenvalue weighted by molar-refractivity contribution is 5.99. The minimum Gasteiger partial charge on any atom is -0.503 e. The Morgan fingerprint density at radius 2 is 0.625 bits per heavy atom. The van der Waals surface area contributed by atoms with Crippen LogP contribution in [0.1, 0.15) is 145 Å². The molecule has 0 heterocycles. The molecule has 32 nitrogen and oxygen atoms in total. The van der Waals surface area contributed by atoms with E-state index in [0.29, 0.717) is 61.8 Å². The fourth-order valence-electron chi connectivity index (χ4n) is 11.8. The number of aliphatic carboxylic acids is 3. The molecule has 0 saturated carbocycles. The van der Waals surface area contributed by atoms with Gasteiger partial charge in [-0.25, -0.2) is 13.6 Å². The molecule has 0 bridgehead atoms. The quantitative estimate of drug-likeness (QED) is 0.0165. The summed E-state index contributed by atoms with van der Waals surface area (Å²) in [5.41, 5.74) is 28.8. The summed E-state index contributed by atoms with van der Waals surface area (Å²) < 4.78 is 62.2. The molecule has 616 valence electrons. The number of carboxylic acid groups (broad SMARTS) is 3. The van der Waals surface area contributed by atoms with Gasteiger partial charge in [0.25, 0.3) is 0 Å². The SMILES string of the molecule is CC[C@H](C)[C@H](NC(=O)[C@H](CCC(=O)O)NC(=O)[C@H](CCC(=O)O)NC(=O)[C@H](CCCCN)NC(=O)[C@H](CCCCN)NC(=O)[C@H](CCCCN)NC(=O)[C@@H](N)CCCCN)C(=O)N[C@@H](Cc1c(F)c(F)c(O)c(F)c1F)C(=O)N[C@@H](Cc1ccccc1)C(=O)N[C@@H](Cc1ccccc1)C(=O)N[C@@H](Cc1ccccc1)C(=O)O. The van der Waals surface area contributed by atoms with Gasteiger partial charge in [0.15, 0.2) is 17.4 Å². The van der Waals surface area contributed by atoms with Crippen molar-refractivity contribution >= 4 is 77.0 Å². The first-order valence-electron chi connectivity index (χ1n) is 37.3. The van der Waals surface area contributed by atoms with Crippen molar-refractivity contribution in [2.24, 2.45) is 34.6 Å². The summed E-state index contributed by atoms with van der Waals surface area (Å²) in [6, 6.07) is 5.69. The van der Waals surface area contributed by atoms with Crippen LogP contribution in [0, 0.1) is 29.2 Å². The van der Waals surface area contributed by atoms with Gasteiger partial charge in [-0.05, 0) is 132 Å². The smallest absolute Gasteiger partial charge is 0.326 e. The lowest BCUT2D eigenvalue weighted by Gasteiger charge is -2.30. The summed E-state index contributed by atoms with van der Waals surface area (Å²) in [6.45, 7) is 3.81. The topological polar surface area (TPSA) is 553 Å². The Kier molecular flexibility index (Phi) is 41.4. The third-order valence-electron chi connectivity index (χ3n) is 18.5. The molecule has 0 radical (unpaired) electrons. The van der Waals surface area contributed by atoms with Gasteiger partial charge in [-0.3, -0.25) is 57.5 Å². The van der Waals surface area contributed by atoms with Crippen LogP contribution < -0.4 is 81.8 Å². The molecule has 0 aliphatic heterocycles. The monoisotopic (exact) mass is 1580 g/mol. The van der Waals surface area contributed by atoms with Crippen LogP contribution in [0.25, 0.3) is 0 Å². The summed E-state index contributed by atoms with van der Waals surface area (Å²) in [5.74, 6) is -27.9. The van der Waals surface area contributed by atoms with E-state index in [1.54, 1.807) is 78.9 Å². The average molecular weight is 1580 g/mol. The number of hydrogen-bond donors (Lipinski definition) is 19. The van der Waals surface area contributed by atoms with Gasteiger partial charge in [0.05, 0.1) is 6.04 Å². The predicted octanol–water partition coefficient (Wildman–Crippen LogP) is 0.771. The van der Waals surface area contributed by atoms with Crippen LogP contribution in [0.5, 0.6) is 5.75 Å². The third-order valence-corrected chi connectivity index (χ3v) is 18.5. The molecule has 0 aliphatic rings. The molecule has 0 fully saturated rings. The largest absolute Gasteiger partial charge is 0.503 e. The number of nitrogens with one attached hydrogen (secondary N) is 10. The maximum atomic E-state index is 15.9. The number of phenolic OH excluding ortho intramolecular Hbond substituents is 1. The number of amides is 10. The highest BCUT2D eigenvalue weighted by Crippen LogP contribution is 2.30. The van der Waals surface area contributed by atoms with Crippen molar-refractivity contribution in [3.63, 3.8) is 0 Å². The molecule has 4 aromatic carbocycles. The molecule has 4 rings (SSSR count). The first kappa shape index (κ1) is 93.7. The van der Waals surface area contributed by atoms with Gasteiger partial charge in [0, 0.05) is 44.1 Å². The van der Waals surface area contributed by atoms with Crippen molar-refractivity contribution in [2.45, 2.75) is 215 Å². The standard InChI is InChI=1S/C76H107F4N15O17/c1-3-43(2)64(95-71(106)53(32-34-59(98)99)90-70(105)52(31-33-58(96)97)89-69(104)51(30-16-20-38-84)88-68(103)50(29-15-19-37-83)87-67(102)49(28-14-18-36-82)86-66(101)48(85)27-13-17-35-81)75(110)93-56(42-47-60(77)62(79)65(100)63(80)61(47)78)74(109)92-54(39-44-21-7-4-8-22-44)72(107)91-55(40-45-23-9-5-10-24-45)73(108)94-57(76(111)112)41-46-25-11-6-12-26-46/h4-12,21-26,43,48-57,64,100H,3,13-20,27-42,81-85H2,1-2H3,(H,86,101)(H,87,102)(H,88,103)(H,89,104)(H,90,105)(H,91,107)(H,92,109)(H,93,110)(H,94,108)(H,95,106)(H,96,97)(H,98,99)(H,111,112)/t43-,48-,49-,50-,51-,52-,53-,54-,55-,56-,57-,64-/m0/s1. The number of hydrogen-bond acceptors (Lipinski definition) is 19. The van der Waals surface area contributed by atoms with Crippen molar-refractivity contribution in [2.75, 3.05) is 26.2 Å². The number of nitrogens with two attached hydrogens (primary N) is 5. The van der Waals surface area contributed by atoms with E-state index in [1.165, 1.54) is 26.0 Å². The Labute approximate surface area is 646 Å². The first-order chi connectivity index (χ1) is 53.4. The van der Waals surface area contributed by atoms with Gasteiger partial charge in [-0.2, -0.15) is 8.78 Å². The summed E-state index contributed by atoms with van der Waals surface area (Å²) in [7, 11) is 0. The van der Waals surface area contributed by atoms with E-state index < -0.39 is 222 Å². The zero-order chi connectivity index (χ0) is 83.0. The number of carboxylic acids is 3. The van der Waals surface area contributed by atoms with Crippen LogP contribution in [0.3, 0.4) is 0 Å². The second-order valence-electron chi connectivity index (χ2n) is 27.2. The van der Waals surface area contributed by atoms with Gasteiger partial charge in [0.2, 0.25) is 70.7 Å². The number of aromatic hydroxyl groups is 1. The molecule has 4 aromatic rings. The predicted molar refractivity (Wildman–Crippen MR) is 402 cm³/mol. The Morgan fingerprint density at radius 1 is 0.348 bits per heavy atom. The molecule has 0 aromatic heterocycles. The van der Waals surface area contributed by atoms with Crippen LogP contribution in [0.15, 0.2) is 91.0 Å². The number of halogens is 4. The number of benzene rings is 4. The molecule has 0 unspecified atom stereocenters. The van der Waals surface area contributed by atoms with Crippen LogP contribution in [-0.4, -0.2) is 190 Å². The second kappa shape index (κ2) is 49.5. The number of carbonyl (C=O) groups excluding carboxylic acids is 10. The van der Waals surface area contributed by atoms with E-state index in [4.69, 9.17) is 28.7 Å². The van der Waals surface area contributed by atoms with Gasteiger partial charge >= 0.3 is 17.9 Å². The van der Waals surface area contributed by atoms with Gasteiger partial charge in [0.1, 0.15) is 60.4 Å². The van der Waals surface area contributed by atoms with E-state index in [9.17, 15) is 78.0 Å². The Bertz CT molecular complexity index is 3740. The molecule has 10 amide bonds. The van der Waals surface area contributed by atoms with Crippen LogP contribution in [-0.2, 0) is 88.0 Å². The average Bonchev–Trinajstić information content (AvgIpc) is 0.790. The maximum absolute atomic E-state index is 15.9. The maximum Gasteiger partial charge on any atom is 0.326 e. The van der Waals surface area contributed by atoms with Gasteiger partial charge < -0.3 is 102 Å². The number of carbonyl (C=O) groups is 13. The highest BCUT2D eigenvalue weighted by Gasteiger charge is 2.39. The Morgan fingerprint density at radius 3 is 0.955 bits per heavy atom. The molecule has 0 saturated heterocycles. The first-order valence-corrected chi connectivity index (χ1v) is 37.3. The Hall–Kier alpha value is -10.7. The fraction of sp³-hybridized carbons (Fsp3) is 0.513. The van der Waals surface area contributed by atoms with Crippen molar-refractivity contribution in [3.05, 3.63) is 137 Å². The third kappa shape index (κ3) is 32.0. The zero-order valence-electron chi connectivity index (χ0n) is 62.8. The number of rotatable bonds is 53. The summed E-state index contributed by atoms with van der Waals surface area (Å²) in [4.78, 5) is 182. The number of phenols is 1. The minimum absolute atomic E-state index is 0.0390. The van der Waals surface area contributed by atoms with Crippen molar-refractivity contribution in [1.82, 2.24) is 53.2 Å². The molecule has 12 atom stereocenters. The van der Waals surface area contributed by atoms with E-state index >= 15 is 22.4 Å². The highest BCUT2D eigenvalue weighted by atomic mass is 19.2. The molecule has 0 aliphatic carbocycles. The summed E-state index contributed by atoms with van der Waals surface area (Å²) >= 11 is 0. The lowest BCUT2D eigenvalue weighted by Crippen LogP contribution is -2.62.